The smallest absolute Gasteiger partial charge is 0.253 e. The van der Waals surface area contributed by atoms with Gasteiger partial charge in [0.05, 0.1) is 18.7 Å². The van der Waals surface area contributed by atoms with Crippen LogP contribution in [0.2, 0.25) is 0 Å². The Morgan fingerprint density at radius 3 is 2.33 bits per heavy atom. The van der Waals surface area contributed by atoms with Gasteiger partial charge in [-0.1, -0.05) is 18.2 Å². The second-order valence-electron chi connectivity index (χ2n) is 10.1. The number of aromatic amines is 1. The van der Waals surface area contributed by atoms with Crippen LogP contribution in [0.4, 0.5) is 5.69 Å². The first-order chi connectivity index (χ1) is 19.1. The number of carbonyl (C=O) groups is 2. The molecule has 0 saturated carbocycles. The largest absolute Gasteiger partial charge is 0.496 e. The van der Waals surface area contributed by atoms with E-state index in [1.807, 2.05) is 76.7 Å². The summed E-state index contributed by atoms with van der Waals surface area (Å²) < 4.78 is 11.5. The van der Waals surface area contributed by atoms with Crippen molar-refractivity contribution < 1.29 is 19.1 Å². The number of piperidine rings is 1. The maximum atomic E-state index is 13.7. The van der Waals surface area contributed by atoms with Gasteiger partial charge in [0.1, 0.15) is 17.2 Å². The number of ether oxygens (including phenoxy) is 2. The summed E-state index contributed by atoms with van der Waals surface area (Å²) in [5, 5.41) is 6.85. The average Bonchev–Trinajstić information content (AvgIpc) is 3.63. The van der Waals surface area contributed by atoms with E-state index in [4.69, 9.17) is 9.47 Å². The predicted octanol–water partition coefficient (Wildman–Crippen LogP) is 5.54. The molecule has 1 aromatic heterocycles. The van der Waals surface area contributed by atoms with E-state index in [-0.39, 0.29) is 11.8 Å². The first-order valence-electron chi connectivity index (χ1n) is 13.2. The van der Waals surface area contributed by atoms with Gasteiger partial charge in [-0.05, 0) is 67.8 Å². The lowest BCUT2D eigenvalue weighted by atomic mass is 9.77. The van der Waals surface area contributed by atoms with Crippen molar-refractivity contribution in [1.29, 1.82) is 0 Å². The molecule has 3 aromatic carbocycles. The molecule has 3 heterocycles. The van der Waals surface area contributed by atoms with Crippen molar-refractivity contribution in [3.63, 3.8) is 0 Å². The predicted molar refractivity (Wildman–Crippen MR) is 148 cm³/mol. The fourth-order valence-electron chi connectivity index (χ4n) is 5.63. The van der Waals surface area contributed by atoms with Crippen molar-refractivity contribution in [2.45, 2.75) is 19.3 Å². The molecule has 2 aliphatic rings. The number of carbonyl (C=O) groups excluding carboxylic acids is 2. The molecule has 2 amide bonds. The monoisotopic (exact) mass is 522 g/mol. The van der Waals surface area contributed by atoms with Gasteiger partial charge in [0, 0.05) is 54.3 Å². The highest BCUT2D eigenvalue weighted by atomic mass is 16.5. The summed E-state index contributed by atoms with van der Waals surface area (Å²) in [5.74, 6) is 2.25. The zero-order valence-electron chi connectivity index (χ0n) is 21.8. The lowest BCUT2D eigenvalue weighted by Crippen LogP contribution is -2.46. The van der Waals surface area contributed by atoms with Crippen molar-refractivity contribution in [3.05, 3.63) is 90.8 Å². The summed E-state index contributed by atoms with van der Waals surface area (Å²) >= 11 is 0. The van der Waals surface area contributed by atoms with Gasteiger partial charge in [0.25, 0.3) is 5.91 Å². The summed E-state index contributed by atoms with van der Waals surface area (Å²) in [4.78, 5) is 30.6. The number of methoxy groups -OCH3 is 1. The van der Waals surface area contributed by atoms with Gasteiger partial charge in [0.2, 0.25) is 5.91 Å². The van der Waals surface area contributed by atoms with E-state index in [0.29, 0.717) is 49.5 Å². The molecule has 0 radical (unpaired) electrons. The van der Waals surface area contributed by atoms with Gasteiger partial charge in [-0.15, -0.1) is 0 Å². The first-order valence-corrected chi connectivity index (χ1v) is 13.2. The Morgan fingerprint density at radius 1 is 0.923 bits per heavy atom. The molecular formula is C31H30N4O4. The number of anilines is 1. The Morgan fingerprint density at radius 2 is 1.64 bits per heavy atom. The van der Waals surface area contributed by atoms with Crippen molar-refractivity contribution in [3.8, 4) is 28.4 Å². The van der Waals surface area contributed by atoms with Crippen LogP contribution in [0, 0.1) is 5.41 Å². The number of nitrogens with one attached hydrogen (secondary N) is 1. The van der Waals surface area contributed by atoms with Crippen LogP contribution in [0.1, 0.15) is 29.6 Å². The molecule has 1 N–H and O–H groups in total. The molecule has 2 fully saturated rings. The van der Waals surface area contributed by atoms with E-state index >= 15 is 0 Å². The number of aromatic nitrogens is 2. The fourth-order valence-corrected chi connectivity index (χ4v) is 5.63. The van der Waals surface area contributed by atoms with Crippen molar-refractivity contribution in [2.75, 3.05) is 31.6 Å². The highest BCUT2D eigenvalue weighted by molar-refractivity contribution is 6.01. The molecule has 8 heteroatoms. The van der Waals surface area contributed by atoms with Gasteiger partial charge < -0.3 is 19.3 Å². The molecule has 6 rings (SSSR count). The van der Waals surface area contributed by atoms with E-state index < -0.39 is 5.41 Å². The molecule has 1 spiro atoms. The Bertz CT molecular complexity index is 1460. The Balaban J connectivity index is 1.10. The SMILES string of the molecule is COc1cc(N2CCC3(CCN(C(=O)c4ccc(Oc5ccccc5)cc4)CC3)C2=O)ccc1-c1cn[nH]c1. The van der Waals surface area contributed by atoms with Crippen LogP contribution in [-0.2, 0) is 4.79 Å². The number of H-pyrrole nitrogens is 1. The van der Waals surface area contributed by atoms with Gasteiger partial charge in [0.15, 0.2) is 0 Å². The standard InChI is InChI=1S/C31H30N4O4/c1-38-28-19-24(9-12-27(28)23-20-32-33-21-23)35-18-15-31(30(35)37)13-16-34(17-14-31)29(36)22-7-10-26(11-8-22)39-25-5-3-2-4-6-25/h2-12,19-21H,13-18H2,1H3,(H,32,33). The van der Waals surface area contributed by atoms with Crippen LogP contribution in [0.25, 0.3) is 11.1 Å². The zero-order chi connectivity index (χ0) is 26.8. The lowest BCUT2D eigenvalue weighted by Gasteiger charge is -2.38. The van der Waals surface area contributed by atoms with Crippen LogP contribution >= 0.6 is 0 Å². The van der Waals surface area contributed by atoms with Crippen LogP contribution in [-0.4, -0.2) is 53.7 Å². The normalized spacial score (nSPS) is 16.5. The Labute approximate surface area is 227 Å². The Hall–Kier alpha value is -4.59. The number of benzene rings is 3. The number of hydrogen-bond acceptors (Lipinski definition) is 5. The number of rotatable bonds is 6. The molecule has 2 aliphatic heterocycles. The van der Waals surface area contributed by atoms with E-state index in [1.54, 1.807) is 25.4 Å². The molecule has 39 heavy (non-hydrogen) atoms. The average molecular weight is 523 g/mol. The number of amides is 2. The molecule has 4 aromatic rings. The minimum atomic E-state index is -0.430. The Kier molecular flexibility index (Phi) is 6.52. The summed E-state index contributed by atoms with van der Waals surface area (Å²) in [5.41, 5.74) is 2.87. The fraction of sp³-hybridized carbons (Fsp3) is 0.258. The summed E-state index contributed by atoms with van der Waals surface area (Å²) in [6.45, 7) is 1.77. The topological polar surface area (TPSA) is 87.8 Å². The summed E-state index contributed by atoms with van der Waals surface area (Å²) in [7, 11) is 1.63. The summed E-state index contributed by atoms with van der Waals surface area (Å²) in [6, 6.07) is 22.6. The number of hydrogen-bond donors (Lipinski definition) is 1. The lowest BCUT2D eigenvalue weighted by molar-refractivity contribution is -0.127. The molecule has 0 unspecified atom stereocenters. The van der Waals surface area contributed by atoms with Gasteiger partial charge in [-0.3, -0.25) is 14.7 Å². The van der Waals surface area contributed by atoms with Gasteiger partial charge in [-0.25, -0.2) is 0 Å². The number of nitrogens with zero attached hydrogens (tertiary/aromatic N) is 3. The molecule has 198 valence electrons. The maximum Gasteiger partial charge on any atom is 0.253 e. The quantitative estimate of drug-likeness (QED) is 0.359. The third kappa shape index (κ3) is 4.74. The highest BCUT2D eigenvalue weighted by Gasteiger charge is 2.49. The molecule has 0 bridgehead atoms. The van der Waals surface area contributed by atoms with Crippen LogP contribution in [0.15, 0.2) is 85.2 Å². The van der Waals surface area contributed by atoms with E-state index in [9.17, 15) is 9.59 Å². The number of para-hydroxylation sites is 1. The second kappa shape index (κ2) is 10.3. The summed E-state index contributed by atoms with van der Waals surface area (Å²) in [6.07, 6.45) is 5.66. The van der Waals surface area contributed by atoms with E-state index in [2.05, 4.69) is 10.2 Å². The second-order valence-corrected chi connectivity index (χ2v) is 10.1. The maximum absolute atomic E-state index is 13.7. The first kappa shape index (κ1) is 24.7. The van der Waals surface area contributed by atoms with Crippen LogP contribution in [0.3, 0.4) is 0 Å². The van der Waals surface area contributed by atoms with Crippen molar-refractivity contribution >= 4 is 17.5 Å². The van der Waals surface area contributed by atoms with Crippen LogP contribution < -0.4 is 14.4 Å². The number of likely N-dealkylation sites (tertiary alicyclic amines) is 1. The van der Waals surface area contributed by atoms with Gasteiger partial charge >= 0.3 is 0 Å². The van der Waals surface area contributed by atoms with Gasteiger partial charge in [-0.2, -0.15) is 5.10 Å². The molecule has 0 aliphatic carbocycles. The van der Waals surface area contributed by atoms with Crippen molar-refractivity contribution in [2.24, 2.45) is 5.41 Å². The minimum absolute atomic E-state index is 0.0158. The zero-order valence-corrected chi connectivity index (χ0v) is 21.8. The molecular weight excluding hydrogens is 492 g/mol. The highest BCUT2D eigenvalue weighted by Crippen LogP contribution is 2.44. The van der Waals surface area contributed by atoms with E-state index in [0.717, 1.165) is 29.0 Å². The van der Waals surface area contributed by atoms with Crippen molar-refractivity contribution in [1.82, 2.24) is 15.1 Å². The van der Waals surface area contributed by atoms with E-state index in [1.165, 1.54) is 0 Å². The minimum Gasteiger partial charge on any atom is -0.496 e. The third-order valence-corrected chi connectivity index (χ3v) is 7.91. The van der Waals surface area contributed by atoms with Crippen LogP contribution in [0.5, 0.6) is 17.2 Å². The molecule has 8 nitrogen and oxygen atoms in total. The molecule has 0 atom stereocenters. The molecule has 2 saturated heterocycles. The third-order valence-electron chi connectivity index (χ3n) is 7.91.